The largest absolute Gasteiger partial charge is 0.469 e. The van der Waals surface area contributed by atoms with Crippen LogP contribution in [0.2, 0.25) is 0 Å². The van der Waals surface area contributed by atoms with Gasteiger partial charge in [0.2, 0.25) is 5.91 Å². The zero-order valence-electron chi connectivity index (χ0n) is 16.0. The van der Waals surface area contributed by atoms with Crippen molar-refractivity contribution in [3.05, 3.63) is 29.8 Å². The first-order valence-electron chi connectivity index (χ1n) is 9.45. The Labute approximate surface area is 160 Å². The zero-order chi connectivity index (χ0) is 19.6. The second kappa shape index (κ2) is 10.7. The lowest BCUT2D eigenvalue weighted by Gasteiger charge is -2.27. The Bertz CT molecular complexity index is 639. The van der Waals surface area contributed by atoms with Gasteiger partial charge < -0.3 is 20.7 Å². The van der Waals surface area contributed by atoms with Crippen molar-refractivity contribution in [3.63, 3.8) is 0 Å². The maximum absolute atomic E-state index is 12.3. The SMILES string of the molecule is COC(=O)CCNC(=O)c1ccc(NC(=O)CC(C)C2CCNCC2)cc1. The maximum Gasteiger partial charge on any atom is 0.307 e. The van der Waals surface area contributed by atoms with Crippen LogP contribution < -0.4 is 16.0 Å². The molecule has 0 bridgehead atoms. The van der Waals surface area contributed by atoms with Gasteiger partial charge in [-0.15, -0.1) is 0 Å². The number of amides is 2. The molecule has 1 aliphatic rings. The number of piperidine rings is 1. The molecule has 27 heavy (non-hydrogen) atoms. The van der Waals surface area contributed by atoms with Crippen molar-refractivity contribution in [3.8, 4) is 0 Å². The summed E-state index contributed by atoms with van der Waals surface area (Å²) in [5.41, 5.74) is 1.14. The smallest absolute Gasteiger partial charge is 0.307 e. The molecule has 1 aromatic carbocycles. The number of nitrogens with one attached hydrogen (secondary N) is 3. The van der Waals surface area contributed by atoms with Crippen LogP contribution in [0.1, 0.15) is 43.0 Å². The Hall–Kier alpha value is -2.41. The molecule has 1 saturated heterocycles. The summed E-state index contributed by atoms with van der Waals surface area (Å²) < 4.78 is 4.52. The van der Waals surface area contributed by atoms with Gasteiger partial charge in [-0.05, 0) is 62.0 Å². The Kier molecular flexibility index (Phi) is 8.26. The average molecular weight is 375 g/mol. The highest BCUT2D eigenvalue weighted by Gasteiger charge is 2.22. The first-order valence-corrected chi connectivity index (χ1v) is 9.45. The summed E-state index contributed by atoms with van der Waals surface area (Å²) in [5.74, 6) is 0.305. The van der Waals surface area contributed by atoms with E-state index in [1.54, 1.807) is 24.3 Å². The molecule has 1 atom stereocenters. The zero-order valence-corrected chi connectivity index (χ0v) is 16.0. The van der Waals surface area contributed by atoms with Gasteiger partial charge >= 0.3 is 5.97 Å². The molecule has 7 nitrogen and oxygen atoms in total. The fourth-order valence-electron chi connectivity index (χ4n) is 3.27. The predicted octanol–water partition coefficient (Wildman–Crippen LogP) is 1.94. The number of carbonyl (C=O) groups is 3. The minimum atomic E-state index is -0.368. The minimum absolute atomic E-state index is 0.00341. The number of esters is 1. The number of carbonyl (C=O) groups excluding carboxylic acids is 3. The highest BCUT2D eigenvalue weighted by Crippen LogP contribution is 2.24. The third-order valence-corrected chi connectivity index (χ3v) is 4.97. The van der Waals surface area contributed by atoms with E-state index >= 15 is 0 Å². The molecule has 0 saturated carbocycles. The van der Waals surface area contributed by atoms with Gasteiger partial charge in [-0.3, -0.25) is 14.4 Å². The van der Waals surface area contributed by atoms with Crippen LogP contribution in [-0.4, -0.2) is 44.5 Å². The summed E-state index contributed by atoms with van der Waals surface area (Å²) in [6, 6.07) is 6.73. The van der Waals surface area contributed by atoms with E-state index in [-0.39, 0.29) is 30.7 Å². The van der Waals surface area contributed by atoms with Crippen LogP contribution in [0.25, 0.3) is 0 Å². The van der Waals surface area contributed by atoms with Gasteiger partial charge in [0.05, 0.1) is 13.5 Å². The van der Waals surface area contributed by atoms with Crippen molar-refractivity contribution in [2.75, 3.05) is 32.1 Å². The highest BCUT2D eigenvalue weighted by atomic mass is 16.5. The van der Waals surface area contributed by atoms with Crippen molar-refractivity contribution < 1.29 is 19.1 Å². The van der Waals surface area contributed by atoms with Crippen molar-refractivity contribution in [1.82, 2.24) is 10.6 Å². The van der Waals surface area contributed by atoms with Gasteiger partial charge in [0, 0.05) is 24.2 Å². The minimum Gasteiger partial charge on any atom is -0.469 e. The summed E-state index contributed by atoms with van der Waals surface area (Å²) in [5, 5.41) is 8.89. The summed E-state index contributed by atoms with van der Waals surface area (Å²) in [7, 11) is 1.31. The van der Waals surface area contributed by atoms with E-state index in [0.29, 0.717) is 29.5 Å². The van der Waals surface area contributed by atoms with Crippen LogP contribution in [0, 0.1) is 11.8 Å². The molecule has 1 fully saturated rings. The number of methoxy groups -OCH3 is 1. The van der Waals surface area contributed by atoms with E-state index in [0.717, 1.165) is 25.9 Å². The maximum atomic E-state index is 12.3. The molecule has 0 spiro atoms. The first-order chi connectivity index (χ1) is 13.0. The van der Waals surface area contributed by atoms with Gasteiger partial charge in [-0.2, -0.15) is 0 Å². The highest BCUT2D eigenvalue weighted by molar-refractivity contribution is 5.96. The van der Waals surface area contributed by atoms with Crippen LogP contribution in [0.3, 0.4) is 0 Å². The number of rotatable bonds is 8. The molecule has 148 valence electrons. The number of anilines is 1. The van der Waals surface area contributed by atoms with E-state index in [9.17, 15) is 14.4 Å². The molecule has 2 amide bonds. The molecule has 1 unspecified atom stereocenters. The van der Waals surface area contributed by atoms with E-state index in [4.69, 9.17) is 0 Å². The molecule has 1 aliphatic heterocycles. The lowest BCUT2D eigenvalue weighted by atomic mass is 9.84. The Morgan fingerprint density at radius 1 is 1.19 bits per heavy atom. The molecule has 0 radical (unpaired) electrons. The third kappa shape index (κ3) is 7.02. The van der Waals surface area contributed by atoms with E-state index in [1.165, 1.54) is 7.11 Å². The third-order valence-electron chi connectivity index (χ3n) is 4.97. The fourth-order valence-corrected chi connectivity index (χ4v) is 3.27. The summed E-state index contributed by atoms with van der Waals surface area (Å²) in [6.07, 6.45) is 2.87. The normalized spacial score (nSPS) is 15.6. The van der Waals surface area contributed by atoms with Gasteiger partial charge in [-0.1, -0.05) is 6.92 Å². The van der Waals surface area contributed by atoms with Crippen LogP contribution in [0.5, 0.6) is 0 Å². The predicted molar refractivity (Wildman–Crippen MR) is 103 cm³/mol. The molecular formula is C20H29N3O4. The van der Waals surface area contributed by atoms with Gasteiger partial charge in [0.1, 0.15) is 0 Å². The second-order valence-corrected chi connectivity index (χ2v) is 6.98. The number of ether oxygens (including phenoxy) is 1. The number of hydrogen-bond donors (Lipinski definition) is 3. The van der Waals surface area contributed by atoms with E-state index in [1.807, 2.05) is 0 Å². The topological polar surface area (TPSA) is 96.5 Å². The van der Waals surface area contributed by atoms with E-state index in [2.05, 4.69) is 27.6 Å². The molecule has 3 N–H and O–H groups in total. The number of hydrogen-bond acceptors (Lipinski definition) is 5. The summed E-state index contributed by atoms with van der Waals surface area (Å²) in [6.45, 7) is 4.41. The summed E-state index contributed by atoms with van der Waals surface area (Å²) >= 11 is 0. The monoisotopic (exact) mass is 375 g/mol. The van der Waals surface area contributed by atoms with Crippen LogP contribution in [-0.2, 0) is 14.3 Å². The van der Waals surface area contributed by atoms with Crippen LogP contribution in [0.4, 0.5) is 5.69 Å². The molecule has 1 aromatic rings. The van der Waals surface area contributed by atoms with Gasteiger partial charge in [0.15, 0.2) is 0 Å². The Morgan fingerprint density at radius 3 is 2.48 bits per heavy atom. The van der Waals surface area contributed by atoms with Gasteiger partial charge in [-0.25, -0.2) is 0 Å². The molecule has 7 heteroatoms. The lowest BCUT2D eigenvalue weighted by molar-refractivity contribution is -0.140. The second-order valence-electron chi connectivity index (χ2n) is 6.98. The summed E-state index contributed by atoms with van der Waals surface area (Å²) in [4.78, 5) is 35.3. The Morgan fingerprint density at radius 2 is 1.85 bits per heavy atom. The first kappa shape index (κ1) is 20.9. The van der Waals surface area contributed by atoms with Crippen molar-refractivity contribution in [2.45, 2.75) is 32.6 Å². The average Bonchev–Trinajstić information content (AvgIpc) is 2.68. The molecular weight excluding hydrogens is 346 g/mol. The quantitative estimate of drug-likeness (QED) is 0.604. The molecule has 0 aromatic heterocycles. The van der Waals surface area contributed by atoms with Crippen LogP contribution >= 0.6 is 0 Å². The van der Waals surface area contributed by atoms with Crippen molar-refractivity contribution >= 4 is 23.5 Å². The van der Waals surface area contributed by atoms with Crippen LogP contribution in [0.15, 0.2) is 24.3 Å². The van der Waals surface area contributed by atoms with Gasteiger partial charge in [0.25, 0.3) is 5.91 Å². The fraction of sp³-hybridized carbons (Fsp3) is 0.550. The molecule has 1 heterocycles. The van der Waals surface area contributed by atoms with E-state index < -0.39 is 0 Å². The Balaban J connectivity index is 1.77. The molecule has 0 aliphatic carbocycles. The lowest BCUT2D eigenvalue weighted by Crippen LogP contribution is -2.32. The van der Waals surface area contributed by atoms with Crippen molar-refractivity contribution in [1.29, 1.82) is 0 Å². The molecule has 2 rings (SSSR count). The number of benzene rings is 1. The standard InChI is InChI=1S/C20H29N3O4/c1-14(15-7-10-21-11-8-15)13-18(24)23-17-5-3-16(4-6-17)20(26)22-12-9-19(25)27-2/h3-6,14-15,21H,7-13H2,1-2H3,(H,22,26)(H,23,24). The van der Waals surface area contributed by atoms with Crippen molar-refractivity contribution in [2.24, 2.45) is 11.8 Å².